The molecule has 0 aliphatic carbocycles. The van der Waals surface area contributed by atoms with Crippen molar-refractivity contribution >= 4 is 23.4 Å². The highest BCUT2D eigenvalue weighted by Gasteiger charge is 2.10. The number of carbonyl (C=O) groups excluding carboxylic acids is 3. The van der Waals surface area contributed by atoms with Crippen molar-refractivity contribution in [1.29, 1.82) is 0 Å². The summed E-state index contributed by atoms with van der Waals surface area (Å²) in [5.41, 5.74) is 5.53. The normalized spacial score (nSPS) is 10.1. The molecule has 0 aliphatic heterocycles. The number of rotatable bonds is 6. The van der Waals surface area contributed by atoms with Crippen LogP contribution in [0.2, 0.25) is 0 Å². The van der Waals surface area contributed by atoms with Gasteiger partial charge in [0.2, 0.25) is 5.91 Å². The van der Waals surface area contributed by atoms with Gasteiger partial charge in [0.25, 0.3) is 11.8 Å². The number of carbonyl (C=O) groups is 3. The van der Waals surface area contributed by atoms with Crippen molar-refractivity contribution in [2.75, 3.05) is 11.9 Å². The zero-order valence-corrected chi connectivity index (χ0v) is 14.6. The fourth-order valence-electron chi connectivity index (χ4n) is 1.89. The van der Waals surface area contributed by atoms with E-state index in [9.17, 15) is 14.4 Å². The number of amides is 3. The highest BCUT2D eigenvalue weighted by atomic mass is 16.5. The number of anilines is 1. The maximum Gasteiger partial charge on any atom is 0.276 e. The smallest absolute Gasteiger partial charge is 0.276 e. The van der Waals surface area contributed by atoms with Crippen LogP contribution in [0.5, 0.6) is 5.75 Å². The van der Waals surface area contributed by atoms with E-state index < -0.39 is 11.8 Å². The van der Waals surface area contributed by atoms with Crippen LogP contribution in [0.1, 0.15) is 24.2 Å². The number of hydrogen-bond acceptors (Lipinski definition) is 4. The summed E-state index contributed by atoms with van der Waals surface area (Å²) in [4.78, 5) is 35.3. The van der Waals surface area contributed by atoms with Gasteiger partial charge < -0.3 is 10.1 Å². The van der Waals surface area contributed by atoms with Gasteiger partial charge in [0, 0.05) is 17.2 Å². The molecule has 0 radical (unpaired) electrons. The predicted octanol–water partition coefficient (Wildman–Crippen LogP) is 2.12. The van der Waals surface area contributed by atoms with Crippen LogP contribution in [0.3, 0.4) is 0 Å². The summed E-state index contributed by atoms with van der Waals surface area (Å²) in [6.45, 7) is 3.37. The lowest BCUT2D eigenvalue weighted by Gasteiger charge is -2.10. The molecule has 3 N–H and O–H groups in total. The number of ether oxygens (including phenoxy) is 1. The summed E-state index contributed by atoms with van der Waals surface area (Å²) in [6.07, 6.45) is 0. The minimum Gasteiger partial charge on any atom is -0.484 e. The Morgan fingerprint density at radius 2 is 1.58 bits per heavy atom. The minimum atomic E-state index is -0.483. The minimum absolute atomic E-state index is 0.104. The summed E-state index contributed by atoms with van der Waals surface area (Å²) in [5.74, 6) is -0.630. The lowest BCUT2D eigenvalue weighted by atomic mass is 10.1. The van der Waals surface area contributed by atoms with Gasteiger partial charge in [-0.15, -0.1) is 0 Å². The van der Waals surface area contributed by atoms with Crippen LogP contribution in [-0.4, -0.2) is 24.3 Å². The van der Waals surface area contributed by atoms with E-state index in [-0.39, 0.29) is 18.4 Å². The Hall–Kier alpha value is -3.35. The third kappa shape index (κ3) is 5.94. The Kier molecular flexibility index (Phi) is 6.73. The van der Waals surface area contributed by atoms with E-state index in [2.05, 4.69) is 16.2 Å². The molecule has 26 heavy (non-hydrogen) atoms. The maximum atomic E-state index is 12.0. The molecule has 7 heteroatoms. The van der Waals surface area contributed by atoms with E-state index in [0.29, 0.717) is 17.0 Å². The second kappa shape index (κ2) is 9.22. The zero-order valence-electron chi connectivity index (χ0n) is 14.6. The average Bonchev–Trinajstić information content (AvgIpc) is 2.65. The Labute approximate surface area is 151 Å². The maximum absolute atomic E-state index is 12.0. The summed E-state index contributed by atoms with van der Waals surface area (Å²) in [6, 6.07) is 15.2. The molecule has 136 valence electrons. The average molecular weight is 355 g/mol. The number of para-hydroxylation sites is 1. The summed E-state index contributed by atoms with van der Waals surface area (Å²) >= 11 is 0. The van der Waals surface area contributed by atoms with E-state index in [1.54, 1.807) is 62.4 Å². The summed E-state index contributed by atoms with van der Waals surface area (Å²) in [5, 5.41) is 2.73. The van der Waals surface area contributed by atoms with Gasteiger partial charge in [0.15, 0.2) is 6.61 Å². The topological polar surface area (TPSA) is 96.5 Å². The number of benzene rings is 2. The van der Waals surface area contributed by atoms with Gasteiger partial charge >= 0.3 is 0 Å². The van der Waals surface area contributed by atoms with Crippen LogP contribution < -0.4 is 20.9 Å². The molecular formula is C19H21N3O4. The molecule has 0 spiro atoms. The van der Waals surface area contributed by atoms with Gasteiger partial charge in [-0.25, -0.2) is 0 Å². The molecule has 2 aromatic rings. The number of hydrazine groups is 1. The van der Waals surface area contributed by atoms with Gasteiger partial charge in [0.05, 0.1) is 0 Å². The lowest BCUT2D eigenvalue weighted by molar-refractivity contribution is -0.123. The molecule has 0 bridgehead atoms. The van der Waals surface area contributed by atoms with Crippen LogP contribution in [0.15, 0.2) is 54.6 Å². The molecule has 2 rings (SSSR count). The fourth-order valence-corrected chi connectivity index (χ4v) is 1.89. The van der Waals surface area contributed by atoms with Crippen molar-refractivity contribution in [3.05, 3.63) is 60.2 Å². The molecule has 7 nitrogen and oxygen atoms in total. The quantitative estimate of drug-likeness (QED) is 0.692. The van der Waals surface area contributed by atoms with E-state index in [0.717, 1.165) is 0 Å². The fraction of sp³-hybridized carbons (Fsp3) is 0.211. The molecule has 0 saturated carbocycles. The monoisotopic (exact) mass is 355 g/mol. The van der Waals surface area contributed by atoms with Crippen molar-refractivity contribution in [3.8, 4) is 5.75 Å². The van der Waals surface area contributed by atoms with Crippen molar-refractivity contribution < 1.29 is 19.1 Å². The SMILES string of the molecule is CC(C)C(=O)Nc1ccc(C(=O)NNC(=O)COc2ccccc2)cc1. The Morgan fingerprint density at radius 1 is 0.923 bits per heavy atom. The first-order valence-corrected chi connectivity index (χ1v) is 8.13. The molecular weight excluding hydrogens is 334 g/mol. The van der Waals surface area contributed by atoms with Crippen molar-refractivity contribution in [3.63, 3.8) is 0 Å². The molecule has 0 unspecified atom stereocenters. The van der Waals surface area contributed by atoms with Crippen molar-refractivity contribution in [2.24, 2.45) is 5.92 Å². The molecule has 0 aromatic heterocycles. The van der Waals surface area contributed by atoms with Gasteiger partial charge in [-0.3, -0.25) is 25.2 Å². The zero-order chi connectivity index (χ0) is 18.9. The highest BCUT2D eigenvalue weighted by Crippen LogP contribution is 2.11. The van der Waals surface area contributed by atoms with Crippen molar-refractivity contribution in [1.82, 2.24) is 10.9 Å². The molecule has 0 atom stereocenters. The van der Waals surface area contributed by atoms with E-state index in [1.165, 1.54) is 0 Å². The largest absolute Gasteiger partial charge is 0.484 e. The van der Waals surface area contributed by atoms with Gasteiger partial charge in [-0.05, 0) is 36.4 Å². The molecule has 3 amide bonds. The highest BCUT2D eigenvalue weighted by molar-refractivity contribution is 5.97. The number of hydrogen-bond donors (Lipinski definition) is 3. The second-order valence-corrected chi connectivity index (χ2v) is 5.83. The lowest BCUT2D eigenvalue weighted by Crippen LogP contribution is -2.43. The molecule has 0 fully saturated rings. The Balaban J connectivity index is 1.78. The van der Waals surface area contributed by atoms with E-state index >= 15 is 0 Å². The summed E-state index contributed by atoms with van der Waals surface area (Å²) in [7, 11) is 0. The first-order chi connectivity index (χ1) is 12.5. The van der Waals surface area contributed by atoms with Crippen LogP contribution >= 0.6 is 0 Å². The first-order valence-electron chi connectivity index (χ1n) is 8.13. The second-order valence-electron chi connectivity index (χ2n) is 5.83. The Morgan fingerprint density at radius 3 is 2.19 bits per heavy atom. The standard InChI is InChI=1S/C19H21N3O4/c1-13(2)18(24)20-15-10-8-14(9-11-15)19(25)22-21-17(23)12-26-16-6-4-3-5-7-16/h3-11,13H,12H2,1-2H3,(H,20,24)(H,21,23)(H,22,25). The van der Waals surface area contributed by atoms with Crippen LogP contribution in [-0.2, 0) is 9.59 Å². The summed E-state index contributed by atoms with van der Waals surface area (Å²) < 4.78 is 5.27. The van der Waals surface area contributed by atoms with Crippen molar-refractivity contribution in [2.45, 2.75) is 13.8 Å². The van der Waals surface area contributed by atoms with E-state index in [1.807, 2.05) is 6.07 Å². The predicted molar refractivity (Wildman–Crippen MR) is 97.5 cm³/mol. The molecule has 0 aliphatic rings. The van der Waals surface area contributed by atoms with Gasteiger partial charge in [0.1, 0.15) is 5.75 Å². The molecule has 0 heterocycles. The van der Waals surface area contributed by atoms with Gasteiger partial charge in [-0.2, -0.15) is 0 Å². The third-order valence-corrected chi connectivity index (χ3v) is 3.37. The molecule has 2 aromatic carbocycles. The first kappa shape index (κ1) is 19.0. The Bertz CT molecular complexity index is 758. The van der Waals surface area contributed by atoms with Gasteiger partial charge in [-0.1, -0.05) is 32.0 Å². The number of nitrogens with one attached hydrogen (secondary N) is 3. The van der Waals surface area contributed by atoms with Crippen LogP contribution in [0.25, 0.3) is 0 Å². The third-order valence-electron chi connectivity index (χ3n) is 3.37. The molecule has 0 saturated heterocycles. The van der Waals surface area contributed by atoms with Crippen LogP contribution in [0, 0.1) is 5.92 Å². The van der Waals surface area contributed by atoms with E-state index in [4.69, 9.17) is 4.74 Å². The van der Waals surface area contributed by atoms with Crippen LogP contribution in [0.4, 0.5) is 5.69 Å².